The lowest BCUT2D eigenvalue weighted by molar-refractivity contribution is 0.0303. The van der Waals surface area contributed by atoms with E-state index in [1.807, 2.05) is 12.1 Å². The molecule has 0 radical (unpaired) electrons. The molecule has 0 bridgehead atoms. The highest BCUT2D eigenvalue weighted by Gasteiger charge is 2.49. The molecule has 30 heavy (non-hydrogen) atoms. The van der Waals surface area contributed by atoms with Crippen molar-refractivity contribution in [1.29, 1.82) is 0 Å². The second kappa shape index (κ2) is 8.24. The fourth-order valence-electron chi connectivity index (χ4n) is 4.65. The average molecular weight is 412 g/mol. The second-order valence-corrected chi connectivity index (χ2v) is 8.07. The van der Waals surface area contributed by atoms with E-state index in [4.69, 9.17) is 14.2 Å². The topological polar surface area (TPSA) is 68.8 Å². The number of aryl methyl sites for hydroxylation is 1. The maximum absolute atomic E-state index is 13.1. The number of carbonyl (C=O) groups excluding carboxylic acids is 1. The third-order valence-electron chi connectivity index (χ3n) is 6.10. The third-order valence-corrected chi connectivity index (χ3v) is 6.10. The van der Waals surface area contributed by atoms with Crippen molar-refractivity contribution in [3.63, 3.8) is 0 Å². The lowest BCUT2D eigenvalue weighted by atomic mass is 9.88. The Morgan fingerprint density at radius 3 is 2.67 bits per heavy atom. The van der Waals surface area contributed by atoms with Crippen molar-refractivity contribution in [2.24, 2.45) is 0 Å². The van der Waals surface area contributed by atoms with Gasteiger partial charge in [-0.2, -0.15) is 0 Å². The van der Waals surface area contributed by atoms with Gasteiger partial charge in [0.15, 0.2) is 6.10 Å². The molecular formula is C23H25FN2O4. The molecule has 2 saturated heterocycles. The summed E-state index contributed by atoms with van der Waals surface area (Å²) in [7, 11) is 0. The van der Waals surface area contributed by atoms with Crippen LogP contribution in [0.2, 0.25) is 0 Å². The number of halogens is 1. The Labute approximate surface area is 174 Å². The molecule has 3 aliphatic rings. The van der Waals surface area contributed by atoms with E-state index in [9.17, 15) is 9.18 Å². The Bertz CT molecular complexity index is 906. The number of rotatable bonds is 4. The van der Waals surface area contributed by atoms with Crippen LogP contribution in [0.25, 0.3) is 0 Å². The van der Waals surface area contributed by atoms with Gasteiger partial charge in [-0.25, -0.2) is 9.18 Å². The number of amides is 2. The fourth-order valence-corrected chi connectivity index (χ4v) is 4.65. The van der Waals surface area contributed by atoms with E-state index < -0.39 is 0 Å². The largest absolute Gasteiger partial charge is 0.485 e. The van der Waals surface area contributed by atoms with E-state index in [0.717, 1.165) is 19.3 Å². The SMILES string of the molecule is O=C(NC1CCCc2ccccc21)N[C@H]1CO[C@H]2[C@@H]1OC[C@@H]2Oc1ccc(F)cc1. The predicted molar refractivity (Wildman–Crippen MR) is 108 cm³/mol. The standard InChI is InChI=1S/C23H25FN2O4/c24-15-8-10-16(11-9-15)30-20-13-29-21-19(12-28-22(20)21)26-23(27)25-18-7-3-5-14-4-1-2-6-17(14)18/h1-2,4,6,8-11,18-22H,3,5,7,12-13H2,(H2,25,26,27)/t18?,19-,20-,21+,22+/m0/s1. The van der Waals surface area contributed by atoms with Gasteiger partial charge in [-0.3, -0.25) is 0 Å². The first-order valence-corrected chi connectivity index (χ1v) is 10.5. The predicted octanol–water partition coefficient (Wildman–Crippen LogP) is 3.12. The highest BCUT2D eigenvalue weighted by atomic mass is 19.1. The van der Waals surface area contributed by atoms with Crippen LogP contribution in [0.3, 0.4) is 0 Å². The van der Waals surface area contributed by atoms with Crippen LogP contribution < -0.4 is 15.4 Å². The van der Waals surface area contributed by atoms with Crippen LogP contribution in [-0.2, 0) is 15.9 Å². The van der Waals surface area contributed by atoms with E-state index in [1.165, 1.54) is 23.3 Å². The molecule has 158 valence electrons. The molecule has 2 heterocycles. The van der Waals surface area contributed by atoms with Crippen molar-refractivity contribution in [1.82, 2.24) is 10.6 Å². The van der Waals surface area contributed by atoms with Crippen LogP contribution in [-0.4, -0.2) is 43.6 Å². The number of fused-ring (bicyclic) bond motifs is 2. The molecule has 5 rings (SSSR count). The molecule has 0 aromatic heterocycles. The number of hydrogen-bond donors (Lipinski definition) is 2. The molecule has 6 nitrogen and oxygen atoms in total. The van der Waals surface area contributed by atoms with E-state index in [2.05, 4.69) is 22.8 Å². The van der Waals surface area contributed by atoms with Gasteiger partial charge in [-0.1, -0.05) is 24.3 Å². The molecule has 2 aliphatic heterocycles. The molecule has 1 aliphatic carbocycles. The Morgan fingerprint density at radius 2 is 1.80 bits per heavy atom. The van der Waals surface area contributed by atoms with Gasteiger partial charge in [0.1, 0.15) is 23.8 Å². The van der Waals surface area contributed by atoms with Crippen LogP contribution in [0, 0.1) is 5.82 Å². The lowest BCUT2D eigenvalue weighted by Crippen LogP contribution is -2.49. The first-order valence-electron chi connectivity index (χ1n) is 10.5. The summed E-state index contributed by atoms with van der Waals surface area (Å²) < 4.78 is 30.8. The molecule has 2 N–H and O–H groups in total. The molecule has 2 amide bonds. The summed E-state index contributed by atoms with van der Waals surface area (Å²) in [5.74, 6) is 0.259. The smallest absolute Gasteiger partial charge is 0.315 e. The van der Waals surface area contributed by atoms with Crippen molar-refractivity contribution >= 4 is 6.03 Å². The van der Waals surface area contributed by atoms with Crippen LogP contribution in [0.4, 0.5) is 9.18 Å². The zero-order valence-electron chi connectivity index (χ0n) is 16.6. The van der Waals surface area contributed by atoms with Gasteiger partial charge >= 0.3 is 6.03 Å². The molecule has 5 atom stereocenters. The molecule has 1 unspecified atom stereocenters. The lowest BCUT2D eigenvalue weighted by Gasteiger charge is -2.27. The normalized spacial score (nSPS) is 29.7. The van der Waals surface area contributed by atoms with Crippen molar-refractivity contribution in [2.45, 2.75) is 49.7 Å². The van der Waals surface area contributed by atoms with Crippen LogP contribution >= 0.6 is 0 Å². The maximum Gasteiger partial charge on any atom is 0.315 e. The van der Waals surface area contributed by atoms with E-state index in [1.54, 1.807) is 12.1 Å². The molecule has 2 aromatic carbocycles. The van der Waals surface area contributed by atoms with Gasteiger partial charge in [-0.15, -0.1) is 0 Å². The maximum atomic E-state index is 13.1. The summed E-state index contributed by atoms with van der Waals surface area (Å²) in [6, 6.07) is 13.7. The first kappa shape index (κ1) is 19.3. The number of urea groups is 1. The monoisotopic (exact) mass is 412 g/mol. The summed E-state index contributed by atoms with van der Waals surface area (Å²) in [6.45, 7) is 0.732. The molecule has 7 heteroatoms. The third kappa shape index (κ3) is 3.87. The molecule has 2 fully saturated rings. The average Bonchev–Trinajstić information content (AvgIpc) is 3.33. The van der Waals surface area contributed by atoms with Gasteiger partial charge in [0.05, 0.1) is 25.3 Å². The Hall–Kier alpha value is -2.64. The van der Waals surface area contributed by atoms with Crippen LogP contribution in [0.5, 0.6) is 5.75 Å². The number of carbonyl (C=O) groups is 1. The van der Waals surface area contributed by atoms with Gasteiger partial charge in [0.25, 0.3) is 0 Å². The highest BCUT2D eigenvalue weighted by molar-refractivity contribution is 5.75. The van der Waals surface area contributed by atoms with E-state index in [0.29, 0.717) is 19.0 Å². The zero-order valence-corrected chi connectivity index (χ0v) is 16.6. The second-order valence-electron chi connectivity index (χ2n) is 8.07. The number of benzene rings is 2. The van der Waals surface area contributed by atoms with Gasteiger partial charge in [-0.05, 0) is 54.7 Å². The van der Waals surface area contributed by atoms with Crippen LogP contribution in [0.15, 0.2) is 48.5 Å². The minimum Gasteiger partial charge on any atom is -0.485 e. The van der Waals surface area contributed by atoms with Crippen molar-refractivity contribution < 1.29 is 23.4 Å². The van der Waals surface area contributed by atoms with E-state index in [-0.39, 0.29) is 42.2 Å². The summed E-state index contributed by atoms with van der Waals surface area (Å²) in [5.41, 5.74) is 2.50. The molecule has 0 saturated carbocycles. The minimum atomic E-state index is -0.309. The summed E-state index contributed by atoms with van der Waals surface area (Å²) in [4.78, 5) is 12.7. The van der Waals surface area contributed by atoms with E-state index >= 15 is 0 Å². The highest BCUT2D eigenvalue weighted by Crippen LogP contribution is 2.31. The summed E-state index contributed by atoms with van der Waals surface area (Å²) in [5, 5.41) is 6.13. The van der Waals surface area contributed by atoms with Crippen molar-refractivity contribution in [2.75, 3.05) is 13.2 Å². The molecule has 2 aromatic rings. The van der Waals surface area contributed by atoms with Crippen molar-refractivity contribution in [3.05, 3.63) is 65.5 Å². The Balaban J connectivity index is 1.17. The first-order chi connectivity index (χ1) is 14.7. The van der Waals surface area contributed by atoms with Crippen molar-refractivity contribution in [3.8, 4) is 5.75 Å². The Morgan fingerprint density at radius 1 is 1.00 bits per heavy atom. The van der Waals surface area contributed by atoms with Gasteiger partial charge in [0, 0.05) is 0 Å². The minimum absolute atomic E-state index is 0.0205. The fraction of sp³-hybridized carbons (Fsp3) is 0.435. The zero-order chi connectivity index (χ0) is 20.5. The number of hydrogen-bond acceptors (Lipinski definition) is 4. The molecule has 0 spiro atoms. The summed E-state index contributed by atoms with van der Waals surface area (Å²) in [6.07, 6.45) is 2.22. The van der Waals surface area contributed by atoms with Gasteiger partial charge < -0.3 is 24.8 Å². The number of nitrogens with one attached hydrogen (secondary N) is 2. The number of ether oxygens (including phenoxy) is 3. The van der Waals surface area contributed by atoms with Crippen LogP contribution in [0.1, 0.15) is 30.0 Å². The molecular weight excluding hydrogens is 387 g/mol. The summed E-state index contributed by atoms with van der Waals surface area (Å²) >= 11 is 0. The van der Waals surface area contributed by atoms with Gasteiger partial charge in [0.2, 0.25) is 0 Å². The quantitative estimate of drug-likeness (QED) is 0.810. The Kier molecular flexibility index (Phi) is 5.31.